The van der Waals surface area contributed by atoms with Crippen molar-refractivity contribution < 1.29 is 0 Å². The summed E-state index contributed by atoms with van der Waals surface area (Å²) in [7, 11) is 3.60. The van der Waals surface area contributed by atoms with Crippen molar-refractivity contribution in [2.75, 3.05) is 14.1 Å². The van der Waals surface area contributed by atoms with Crippen LogP contribution in [-0.4, -0.2) is 19.9 Å². The maximum absolute atomic E-state index is 5.89. The molecule has 0 radical (unpaired) electrons. The third kappa shape index (κ3) is 4.29. The molecule has 0 heterocycles. The number of aliphatic imine (C=N–C) groups is 1. The van der Waals surface area contributed by atoms with E-state index >= 15 is 0 Å². The molecule has 0 aliphatic carbocycles. The van der Waals surface area contributed by atoms with Gasteiger partial charge in [0.05, 0.1) is 10.0 Å². The van der Waals surface area contributed by atoms with Crippen molar-refractivity contribution in [2.24, 2.45) is 4.99 Å². The van der Waals surface area contributed by atoms with E-state index in [9.17, 15) is 0 Å². The molecule has 5 heteroatoms. The Bertz CT molecular complexity index is 351. The van der Waals surface area contributed by atoms with Gasteiger partial charge >= 0.3 is 0 Å². The van der Waals surface area contributed by atoms with Gasteiger partial charge in [-0.3, -0.25) is 4.99 Å². The molecule has 0 amide bonds. The molecule has 0 unspecified atom stereocenters. The van der Waals surface area contributed by atoms with Gasteiger partial charge in [-0.2, -0.15) is 0 Å². The van der Waals surface area contributed by atoms with Crippen LogP contribution in [0.4, 0.5) is 0 Å². The van der Waals surface area contributed by atoms with Crippen molar-refractivity contribution >= 4 is 41.4 Å². The molecular formula is C10H13Cl3N2. The fourth-order valence-corrected chi connectivity index (χ4v) is 1.44. The molecule has 0 aromatic heterocycles. The molecule has 2 nitrogen and oxygen atoms in total. The summed E-state index contributed by atoms with van der Waals surface area (Å²) < 4.78 is 0. The lowest BCUT2D eigenvalue weighted by atomic mass is 10.1. The standard InChI is InChI=1S/C10H12Cl2N2.ClH/c1-13-10(14-2)6-7-3-4-8(11)9(12)5-7;/h3-5H,6H2,1-2H3,(H,13,14);1H. The molecule has 84 valence electrons. The van der Waals surface area contributed by atoms with Gasteiger partial charge in [0.15, 0.2) is 0 Å². The summed E-state index contributed by atoms with van der Waals surface area (Å²) in [6.07, 6.45) is 0.740. The second kappa shape index (κ2) is 6.94. The number of likely N-dealkylation sites (N-methyl/N-ethyl adjacent to an activating group) is 1. The van der Waals surface area contributed by atoms with Gasteiger partial charge in [0, 0.05) is 20.5 Å². The van der Waals surface area contributed by atoms with Crippen LogP contribution in [0, 0.1) is 0 Å². The summed E-state index contributed by atoms with van der Waals surface area (Å²) in [5, 5.41) is 4.17. The van der Waals surface area contributed by atoms with Crippen LogP contribution in [0.2, 0.25) is 10.0 Å². The first-order valence-electron chi connectivity index (χ1n) is 4.24. The van der Waals surface area contributed by atoms with Crippen molar-refractivity contribution in [3.63, 3.8) is 0 Å². The van der Waals surface area contributed by atoms with Gasteiger partial charge in [-0.05, 0) is 17.7 Å². The third-order valence-corrected chi connectivity index (χ3v) is 2.65. The fraction of sp³-hybridized carbons (Fsp3) is 0.300. The van der Waals surface area contributed by atoms with Crippen LogP contribution in [0.3, 0.4) is 0 Å². The van der Waals surface area contributed by atoms with Crippen LogP contribution in [0.5, 0.6) is 0 Å². The molecular weight excluding hydrogens is 254 g/mol. The maximum Gasteiger partial charge on any atom is 0.100 e. The first-order chi connectivity index (χ1) is 6.67. The largest absolute Gasteiger partial charge is 0.377 e. The molecule has 15 heavy (non-hydrogen) atoms. The van der Waals surface area contributed by atoms with Crippen molar-refractivity contribution in [1.82, 2.24) is 5.32 Å². The smallest absolute Gasteiger partial charge is 0.100 e. The quantitative estimate of drug-likeness (QED) is 0.646. The molecule has 0 saturated heterocycles. The third-order valence-electron chi connectivity index (χ3n) is 1.91. The summed E-state index contributed by atoms with van der Waals surface area (Å²) in [5.74, 6) is 0.920. The molecule has 1 aromatic rings. The van der Waals surface area contributed by atoms with E-state index in [4.69, 9.17) is 23.2 Å². The maximum atomic E-state index is 5.89. The number of halogens is 3. The van der Waals surface area contributed by atoms with Gasteiger partial charge in [-0.15, -0.1) is 12.4 Å². The zero-order chi connectivity index (χ0) is 10.6. The van der Waals surface area contributed by atoms with Gasteiger partial charge < -0.3 is 5.32 Å². The number of hydrogen-bond acceptors (Lipinski definition) is 1. The number of hydrogen-bond donors (Lipinski definition) is 1. The lowest BCUT2D eigenvalue weighted by molar-refractivity contribution is 1.08. The SMILES string of the molecule is CN=C(Cc1ccc(Cl)c(Cl)c1)NC.Cl. The van der Waals surface area contributed by atoms with Crippen molar-refractivity contribution in [1.29, 1.82) is 0 Å². The Morgan fingerprint density at radius 2 is 2.00 bits per heavy atom. The first-order valence-corrected chi connectivity index (χ1v) is 5.00. The zero-order valence-electron chi connectivity index (χ0n) is 8.55. The highest BCUT2D eigenvalue weighted by Crippen LogP contribution is 2.22. The van der Waals surface area contributed by atoms with Gasteiger partial charge in [0.2, 0.25) is 0 Å². The Balaban J connectivity index is 0.00000196. The Hall–Kier alpha value is -0.440. The number of benzene rings is 1. The summed E-state index contributed by atoms with van der Waals surface area (Å²) >= 11 is 11.7. The van der Waals surface area contributed by atoms with E-state index in [1.54, 1.807) is 13.1 Å². The minimum absolute atomic E-state index is 0. The molecule has 0 saturated carbocycles. The van der Waals surface area contributed by atoms with Crippen LogP contribution >= 0.6 is 35.6 Å². The topological polar surface area (TPSA) is 24.4 Å². The molecule has 0 aliphatic heterocycles. The minimum Gasteiger partial charge on any atom is -0.377 e. The molecule has 0 spiro atoms. The van der Waals surface area contributed by atoms with E-state index in [2.05, 4.69) is 10.3 Å². The lowest BCUT2D eigenvalue weighted by Crippen LogP contribution is -2.20. The molecule has 0 atom stereocenters. The molecule has 0 bridgehead atoms. The van der Waals surface area contributed by atoms with Crippen LogP contribution < -0.4 is 5.32 Å². The van der Waals surface area contributed by atoms with Gasteiger partial charge in [-0.25, -0.2) is 0 Å². The fourth-order valence-electron chi connectivity index (χ4n) is 1.12. The van der Waals surface area contributed by atoms with Crippen LogP contribution in [0.25, 0.3) is 0 Å². The lowest BCUT2D eigenvalue weighted by Gasteiger charge is -2.05. The second-order valence-electron chi connectivity index (χ2n) is 2.85. The predicted molar refractivity (Wildman–Crippen MR) is 69.8 cm³/mol. The normalized spacial score (nSPS) is 10.8. The van der Waals surface area contributed by atoms with Gasteiger partial charge in [-0.1, -0.05) is 29.3 Å². The highest BCUT2D eigenvalue weighted by atomic mass is 35.5. The monoisotopic (exact) mass is 266 g/mol. The summed E-state index contributed by atoms with van der Waals surface area (Å²) in [6.45, 7) is 0. The summed E-state index contributed by atoms with van der Waals surface area (Å²) in [6, 6.07) is 5.59. The van der Waals surface area contributed by atoms with Crippen molar-refractivity contribution in [2.45, 2.75) is 6.42 Å². The van der Waals surface area contributed by atoms with E-state index in [0.717, 1.165) is 17.8 Å². The van der Waals surface area contributed by atoms with E-state index in [-0.39, 0.29) is 12.4 Å². The Morgan fingerprint density at radius 1 is 1.33 bits per heavy atom. The van der Waals surface area contributed by atoms with Gasteiger partial charge in [0.25, 0.3) is 0 Å². The van der Waals surface area contributed by atoms with Crippen molar-refractivity contribution in [3.8, 4) is 0 Å². The zero-order valence-corrected chi connectivity index (χ0v) is 10.9. The molecule has 0 fully saturated rings. The summed E-state index contributed by atoms with van der Waals surface area (Å²) in [4.78, 5) is 4.08. The number of amidine groups is 1. The van der Waals surface area contributed by atoms with Crippen LogP contribution in [-0.2, 0) is 6.42 Å². The molecule has 0 aliphatic rings. The second-order valence-corrected chi connectivity index (χ2v) is 3.66. The van der Waals surface area contributed by atoms with E-state index in [1.165, 1.54) is 0 Å². The van der Waals surface area contributed by atoms with Crippen LogP contribution in [0.15, 0.2) is 23.2 Å². The average molecular weight is 268 g/mol. The van der Waals surface area contributed by atoms with Gasteiger partial charge in [0.1, 0.15) is 5.84 Å². The number of rotatable bonds is 2. The molecule has 1 aromatic carbocycles. The minimum atomic E-state index is 0. The Kier molecular flexibility index (Phi) is 6.73. The van der Waals surface area contributed by atoms with Crippen LogP contribution in [0.1, 0.15) is 5.56 Å². The number of nitrogens with one attached hydrogen (secondary N) is 1. The highest BCUT2D eigenvalue weighted by molar-refractivity contribution is 6.42. The number of nitrogens with zero attached hydrogens (tertiary/aromatic N) is 1. The van der Waals surface area contributed by atoms with Crippen molar-refractivity contribution in [3.05, 3.63) is 33.8 Å². The molecule has 1 N–H and O–H groups in total. The molecule has 1 rings (SSSR count). The Labute approximate surface area is 106 Å². The average Bonchev–Trinajstić information content (AvgIpc) is 2.19. The predicted octanol–water partition coefficient (Wildman–Crippen LogP) is 3.21. The Morgan fingerprint density at radius 3 is 2.47 bits per heavy atom. The summed E-state index contributed by atoms with van der Waals surface area (Å²) in [5.41, 5.74) is 1.09. The van der Waals surface area contributed by atoms with E-state index in [0.29, 0.717) is 10.0 Å². The van der Waals surface area contributed by atoms with E-state index in [1.807, 2.05) is 19.2 Å². The van der Waals surface area contributed by atoms with E-state index < -0.39 is 0 Å². The first kappa shape index (κ1) is 14.6. The highest BCUT2D eigenvalue weighted by Gasteiger charge is 2.01.